The fraction of sp³-hybridized carbons (Fsp3) is 0.342. The zero-order valence-corrected chi connectivity index (χ0v) is 26.3. The molecular weight excluding hydrogens is 562 g/mol. The molecule has 1 unspecified atom stereocenters. The molecule has 0 aliphatic carbocycles. The number of carboxylic acids is 1. The largest absolute Gasteiger partial charge is 0.481 e. The second-order valence-electron chi connectivity index (χ2n) is 12.4. The van der Waals surface area contributed by atoms with Crippen LogP contribution < -0.4 is 5.32 Å². The Balaban J connectivity index is 1.32. The van der Waals surface area contributed by atoms with E-state index < -0.39 is 5.97 Å². The van der Waals surface area contributed by atoms with Crippen molar-refractivity contribution >= 4 is 33.8 Å². The van der Waals surface area contributed by atoms with Gasteiger partial charge in [-0.1, -0.05) is 66.2 Å². The lowest BCUT2D eigenvalue weighted by atomic mass is 9.80. The average molecular weight is 604 g/mol. The number of fused-ring (bicyclic) bond motifs is 3. The summed E-state index contributed by atoms with van der Waals surface area (Å²) < 4.78 is 7.90. The van der Waals surface area contributed by atoms with Gasteiger partial charge in [0.25, 0.3) is 0 Å². The van der Waals surface area contributed by atoms with Crippen LogP contribution in [-0.4, -0.2) is 39.7 Å². The van der Waals surface area contributed by atoms with Crippen molar-refractivity contribution in [2.24, 2.45) is 5.92 Å². The molecule has 45 heavy (non-hydrogen) atoms. The van der Waals surface area contributed by atoms with Crippen LogP contribution in [0.25, 0.3) is 21.9 Å². The molecule has 6 rings (SSSR count). The van der Waals surface area contributed by atoms with E-state index in [4.69, 9.17) is 9.72 Å². The van der Waals surface area contributed by atoms with E-state index in [2.05, 4.69) is 66.2 Å². The molecule has 2 aromatic heterocycles. The number of benzene rings is 3. The van der Waals surface area contributed by atoms with Crippen molar-refractivity contribution in [1.82, 2.24) is 14.9 Å². The van der Waals surface area contributed by atoms with Gasteiger partial charge in [0.2, 0.25) is 5.91 Å². The quantitative estimate of drug-likeness (QED) is 0.179. The summed E-state index contributed by atoms with van der Waals surface area (Å²) in [5.74, 6) is -0.751. The number of hydrogen-bond donors (Lipinski definition) is 2. The number of aliphatic carboxylic acids is 1. The van der Waals surface area contributed by atoms with Gasteiger partial charge in [-0.3, -0.25) is 9.59 Å². The molecule has 1 saturated heterocycles. The van der Waals surface area contributed by atoms with Gasteiger partial charge < -0.3 is 19.7 Å². The number of ether oxygens (including phenoxy) is 1. The highest BCUT2D eigenvalue weighted by Crippen LogP contribution is 2.36. The molecule has 7 heteroatoms. The monoisotopic (exact) mass is 603 g/mol. The summed E-state index contributed by atoms with van der Waals surface area (Å²) in [7, 11) is 0. The lowest BCUT2D eigenvalue weighted by Gasteiger charge is -2.30. The van der Waals surface area contributed by atoms with Gasteiger partial charge in [-0.05, 0) is 85.9 Å². The first-order chi connectivity index (χ1) is 21.8. The van der Waals surface area contributed by atoms with Gasteiger partial charge in [0.1, 0.15) is 5.65 Å². The molecule has 1 aliphatic heterocycles. The topological polar surface area (TPSA) is 93.5 Å². The van der Waals surface area contributed by atoms with Crippen LogP contribution in [0.3, 0.4) is 0 Å². The number of hydrogen-bond acceptors (Lipinski definition) is 4. The molecule has 7 nitrogen and oxygen atoms in total. The number of amides is 1. The van der Waals surface area contributed by atoms with Crippen molar-refractivity contribution in [3.05, 3.63) is 112 Å². The van der Waals surface area contributed by atoms with Gasteiger partial charge in [-0.15, -0.1) is 0 Å². The summed E-state index contributed by atoms with van der Waals surface area (Å²) in [6.07, 6.45) is 2.27. The van der Waals surface area contributed by atoms with Crippen molar-refractivity contribution in [3.8, 4) is 0 Å². The number of nitrogens with one attached hydrogen (secondary N) is 1. The number of carbonyl (C=O) groups excluding carboxylic acids is 1. The predicted octanol–water partition coefficient (Wildman–Crippen LogP) is 7.01. The van der Waals surface area contributed by atoms with Gasteiger partial charge in [0, 0.05) is 49.2 Å². The number of aryl methyl sites for hydroxylation is 3. The van der Waals surface area contributed by atoms with Gasteiger partial charge >= 0.3 is 5.97 Å². The summed E-state index contributed by atoms with van der Waals surface area (Å²) in [5, 5.41) is 14.7. The molecule has 0 radical (unpaired) electrons. The predicted molar refractivity (Wildman–Crippen MR) is 178 cm³/mol. The second-order valence-corrected chi connectivity index (χ2v) is 12.4. The zero-order chi connectivity index (χ0) is 31.5. The van der Waals surface area contributed by atoms with Crippen LogP contribution in [0.1, 0.15) is 64.3 Å². The molecule has 0 bridgehead atoms. The Kier molecular flexibility index (Phi) is 8.99. The van der Waals surface area contributed by atoms with E-state index in [0.717, 1.165) is 68.3 Å². The molecule has 0 saturated carbocycles. The highest BCUT2D eigenvalue weighted by molar-refractivity contribution is 6.09. The molecule has 1 fully saturated rings. The Morgan fingerprint density at radius 1 is 0.978 bits per heavy atom. The van der Waals surface area contributed by atoms with Crippen LogP contribution in [-0.2, 0) is 33.8 Å². The number of carbonyl (C=O) groups is 2. The molecule has 3 heterocycles. The molecular formula is C38H41N3O4. The standard InChI is InChI=1S/C38H41N3O4/c1-24-9-15-33-32(21-24)35-25(2)31(14-16-34(42)43)26(3)40-37(35)41(33)23-28-10-12-29(13-11-28)36(30-17-19-45-20-18-30)38(44)39-22-27-7-5-4-6-8-27/h4-13,15,21,30,36H,14,16-20,22-23H2,1-3H3,(H,39,44)(H,42,43). The Morgan fingerprint density at radius 3 is 2.42 bits per heavy atom. The summed E-state index contributed by atoms with van der Waals surface area (Å²) in [6.45, 7) is 8.67. The molecule has 5 aromatic rings. The molecule has 0 spiro atoms. The van der Waals surface area contributed by atoms with Gasteiger partial charge in [-0.25, -0.2) is 4.98 Å². The Morgan fingerprint density at radius 2 is 1.71 bits per heavy atom. The number of carboxylic acid groups (broad SMARTS) is 1. The molecule has 2 N–H and O–H groups in total. The number of rotatable bonds is 10. The Bertz CT molecular complexity index is 1840. The smallest absolute Gasteiger partial charge is 0.303 e. The first-order valence-electron chi connectivity index (χ1n) is 15.9. The minimum Gasteiger partial charge on any atom is -0.481 e. The van der Waals surface area contributed by atoms with Crippen LogP contribution >= 0.6 is 0 Å². The van der Waals surface area contributed by atoms with Gasteiger partial charge in [-0.2, -0.15) is 0 Å². The SMILES string of the molecule is Cc1ccc2c(c1)c1c(C)c(CCC(=O)O)c(C)nc1n2Cc1ccc(C(C(=O)NCc2ccccc2)C2CCOCC2)cc1. The summed E-state index contributed by atoms with van der Waals surface area (Å²) in [5.41, 5.74) is 9.41. The fourth-order valence-corrected chi connectivity index (χ4v) is 6.94. The molecule has 1 amide bonds. The fourth-order valence-electron chi connectivity index (χ4n) is 6.94. The third-order valence-electron chi connectivity index (χ3n) is 9.33. The third kappa shape index (κ3) is 6.50. The maximum absolute atomic E-state index is 13.7. The number of pyridine rings is 1. The minimum atomic E-state index is -0.802. The highest BCUT2D eigenvalue weighted by Gasteiger charge is 2.31. The Labute approximate surface area is 264 Å². The van der Waals surface area contributed by atoms with Crippen LogP contribution in [0.15, 0.2) is 72.8 Å². The van der Waals surface area contributed by atoms with E-state index in [1.807, 2.05) is 37.3 Å². The van der Waals surface area contributed by atoms with Crippen molar-refractivity contribution in [1.29, 1.82) is 0 Å². The van der Waals surface area contributed by atoms with Crippen LogP contribution in [0.5, 0.6) is 0 Å². The van der Waals surface area contributed by atoms with Gasteiger partial charge in [0.05, 0.1) is 11.4 Å². The molecule has 1 atom stereocenters. The first-order valence-corrected chi connectivity index (χ1v) is 15.9. The normalized spacial score (nSPS) is 14.6. The van der Waals surface area contributed by atoms with Crippen LogP contribution in [0, 0.1) is 26.7 Å². The van der Waals surface area contributed by atoms with Crippen molar-refractivity contribution in [2.75, 3.05) is 13.2 Å². The third-order valence-corrected chi connectivity index (χ3v) is 9.33. The summed E-state index contributed by atoms with van der Waals surface area (Å²) >= 11 is 0. The summed E-state index contributed by atoms with van der Waals surface area (Å²) in [4.78, 5) is 30.1. The summed E-state index contributed by atoms with van der Waals surface area (Å²) in [6, 6.07) is 25.0. The lowest BCUT2D eigenvalue weighted by molar-refractivity contribution is -0.137. The van der Waals surface area contributed by atoms with Crippen molar-refractivity contribution in [3.63, 3.8) is 0 Å². The minimum absolute atomic E-state index is 0.0603. The van der Waals surface area contributed by atoms with Crippen molar-refractivity contribution < 1.29 is 19.4 Å². The van der Waals surface area contributed by atoms with Crippen LogP contribution in [0.2, 0.25) is 0 Å². The highest BCUT2D eigenvalue weighted by atomic mass is 16.5. The van der Waals surface area contributed by atoms with E-state index >= 15 is 0 Å². The lowest BCUT2D eigenvalue weighted by Crippen LogP contribution is -2.35. The number of nitrogens with zero attached hydrogens (tertiary/aromatic N) is 2. The van der Waals surface area contributed by atoms with E-state index in [9.17, 15) is 14.7 Å². The zero-order valence-electron chi connectivity index (χ0n) is 26.3. The van der Waals surface area contributed by atoms with Gasteiger partial charge in [0.15, 0.2) is 0 Å². The maximum Gasteiger partial charge on any atom is 0.303 e. The van der Waals surface area contributed by atoms with Crippen LogP contribution in [0.4, 0.5) is 0 Å². The molecule has 3 aromatic carbocycles. The Hall–Kier alpha value is -4.49. The maximum atomic E-state index is 13.7. The average Bonchev–Trinajstić information content (AvgIpc) is 3.33. The van der Waals surface area contributed by atoms with E-state index in [-0.39, 0.29) is 24.2 Å². The first kappa shape index (κ1) is 30.5. The van der Waals surface area contributed by atoms with E-state index in [0.29, 0.717) is 32.7 Å². The number of aromatic nitrogens is 2. The molecule has 1 aliphatic rings. The van der Waals surface area contributed by atoms with Crippen molar-refractivity contribution in [2.45, 2.75) is 65.5 Å². The second kappa shape index (κ2) is 13.2. The van der Waals surface area contributed by atoms with E-state index in [1.165, 1.54) is 5.56 Å². The van der Waals surface area contributed by atoms with E-state index in [1.54, 1.807) is 0 Å². The molecule has 232 valence electrons.